The first-order chi connectivity index (χ1) is 9.06. The number of amides is 2. The van der Waals surface area contributed by atoms with Crippen LogP contribution < -0.4 is 5.73 Å². The monoisotopic (exact) mass is 296 g/mol. The summed E-state index contributed by atoms with van der Waals surface area (Å²) in [4.78, 5) is 25.4. The molecule has 1 heterocycles. The average molecular weight is 296 g/mol. The van der Waals surface area contributed by atoms with Gasteiger partial charge in [-0.25, -0.2) is 8.42 Å². The van der Waals surface area contributed by atoms with E-state index in [0.717, 1.165) is 11.2 Å². The molecular weight excluding hydrogens is 280 g/mol. The van der Waals surface area contributed by atoms with E-state index in [-0.39, 0.29) is 23.4 Å². The van der Waals surface area contributed by atoms with Gasteiger partial charge in [0.25, 0.3) is 11.8 Å². The molecule has 108 valence electrons. The number of carbonyl (C=O) groups excluding carboxylic acids is 2. The van der Waals surface area contributed by atoms with Gasteiger partial charge in [0.15, 0.2) is 9.84 Å². The summed E-state index contributed by atoms with van der Waals surface area (Å²) in [5.41, 5.74) is 6.32. The predicted molar refractivity (Wildman–Crippen MR) is 75.1 cm³/mol. The van der Waals surface area contributed by atoms with Crippen molar-refractivity contribution in [3.05, 3.63) is 29.3 Å². The topological polar surface area (TPSA) is 97.5 Å². The summed E-state index contributed by atoms with van der Waals surface area (Å²) < 4.78 is 22.2. The van der Waals surface area contributed by atoms with Crippen molar-refractivity contribution < 1.29 is 18.0 Å². The largest absolute Gasteiger partial charge is 0.398 e. The molecule has 1 aliphatic heterocycles. The Hall–Kier alpha value is -1.89. The Labute approximate surface area is 117 Å². The van der Waals surface area contributed by atoms with Crippen LogP contribution in [0.5, 0.6) is 0 Å². The maximum Gasteiger partial charge on any atom is 0.263 e. The Kier molecular flexibility index (Phi) is 3.13. The number of hydrogen-bond donors (Lipinski definition) is 1. The first-order valence-electron chi connectivity index (χ1n) is 6.00. The number of sulfone groups is 1. The number of anilines is 1. The first-order valence-corrected chi connectivity index (χ1v) is 7.90. The van der Waals surface area contributed by atoms with Crippen molar-refractivity contribution in [2.75, 3.05) is 18.5 Å². The Balaban J connectivity index is 2.42. The zero-order valence-corrected chi connectivity index (χ0v) is 12.3. The molecule has 6 nitrogen and oxygen atoms in total. The highest BCUT2D eigenvalue weighted by Crippen LogP contribution is 2.29. The molecule has 0 spiro atoms. The highest BCUT2D eigenvalue weighted by molar-refractivity contribution is 7.92. The summed E-state index contributed by atoms with van der Waals surface area (Å²) in [6, 6.07) is 4.64. The Morgan fingerprint density at radius 1 is 1.20 bits per heavy atom. The quantitative estimate of drug-likeness (QED) is 0.653. The van der Waals surface area contributed by atoms with Crippen LogP contribution in [0.4, 0.5) is 5.69 Å². The van der Waals surface area contributed by atoms with Crippen LogP contribution >= 0.6 is 0 Å². The fourth-order valence-corrected chi connectivity index (χ4v) is 2.36. The van der Waals surface area contributed by atoms with Crippen molar-refractivity contribution in [2.24, 2.45) is 0 Å². The van der Waals surface area contributed by atoms with Crippen LogP contribution in [0.3, 0.4) is 0 Å². The number of hydrogen-bond acceptors (Lipinski definition) is 5. The van der Waals surface area contributed by atoms with Crippen molar-refractivity contribution in [1.29, 1.82) is 0 Å². The van der Waals surface area contributed by atoms with Gasteiger partial charge in [-0.3, -0.25) is 14.5 Å². The van der Waals surface area contributed by atoms with E-state index in [2.05, 4.69) is 0 Å². The van der Waals surface area contributed by atoms with Crippen LogP contribution in [0, 0.1) is 0 Å². The van der Waals surface area contributed by atoms with Gasteiger partial charge in [-0.2, -0.15) is 0 Å². The number of fused-ring (bicyclic) bond motifs is 1. The van der Waals surface area contributed by atoms with Crippen LogP contribution in [0.1, 0.15) is 34.6 Å². The van der Waals surface area contributed by atoms with E-state index in [1.165, 1.54) is 26.0 Å². The Morgan fingerprint density at radius 2 is 1.80 bits per heavy atom. The lowest BCUT2D eigenvalue weighted by atomic mass is 10.1. The van der Waals surface area contributed by atoms with Gasteiger partial charge < -0.3 is 5.73 Å². The number of imide groups is 1. The van der Waals surface area contributed by atoms with Gasteiger partial charge >= 0.3 is 0 Å². The van der Waals surface area contributed by atoms with E-state index < -0.39 is 26.4 Å². The zero-order chi connectivity index (χ0) is 15.3. The van der Waals surface area contributed by atoms with E-state index in [1.54, 1.807) is 6.07 Å². The van der Waals surface area contributed by atoms with E-state index in [1.807, 2.05) is 0 Å². The average Bonchev–Trinajstić information content (AvgIpc) is 2.54. The van der Waals surface area contributed by atoms with E-state index in [0.29, 0.717) is 0 Å². The number of nitrogens with two attached hydrogens (primary N) is 1. The molecule has 0 unspecified atom stereocenters. The minimum atomic E-state index is -3.41. The fourth-order valence-electron chi connectivity index (χ4n) is 2.00. The summed E-state index contributed by atoms with van der Waals surface area (Å²) in [6.07, 6.45) is 1.08. The normalized spacial score (nSPS) is 15.7. The third-order valence-electron chi connectivity index (χ3n) is 3.57. The molecule has 0 aromatic heterocycles. The van der Waals surface area contributed by atoms with Gasteiger partial charge in [-0.1, -0.05) is 6.07 Å². The van der Waals surface area contributed by atoms with Gasteiger partial charge in [0.1, 0.15) is 0 Å². The molecule has 7 heteroatoms. The van der Waals surface area contributed by atoms with Crippen LogP contribution in [-0.2, 0) is 9.84 Å². The molecule has 1 aromatic rings. The van der Waals surface area contributed by atoms with E-state index in [4.69, 9.17) is 5.73 Å². The number of rotatable bonds is 3. The highest BCUT2D eigenvalue weighted by atomic mass is 32.2. The van der Waals surface area contributed by atoms with Gasteiger partial charge in [0, 0.05) is 18.5 Å². The summed E-state index contributed by atoms with van der Waals surface area (Å²) in [5.74, 6) is -1.05. The second-order valence-electron chi connectivity index (χ2n) is 5.50. The van der Waals surface area contributed by atoms with Gasteiger partial charge in [-0.05, 0) is 26.0 Å². The standard InChI is InChI=1S/C13H16N2O4S/c1-13(2,20(3,18)19)7-15-11(16)8-5-4-6-9(14)10(8)12(15)17/h4-6H,7,14H2,1-3H3. The molecule has 2 rings (SSSR count). The summed E-state index contributed by atoms with van der Waals surface area (Å²) in [7, 11) is -3.41. The summed E-state index contributed by atoms with van der Waals surface area (Å²) in [5, 5.41) is 0. The maximum absolute atomic E-state index is 12.3. The SMILES string of the molecule is CC(C)(CN1C(=O)c2cccc(N)c2C1=O)S(C)(=O)=O. The molecule has 0 fully saturated rings. The van der Waals surface area contributed by atoms with Gasteiger partial charge in [0.05, 0.1) is 15.9 Å². The maximum atomic E-state index is 12.3. The molecule has 0 bridgehead atoms. The molecule has 2 N–H and O–H groups in total. The van der Waals surface area contributed by atoms with Crippen LogP contribution in [0.25, 0.3) is 0 Å². The van der Waals surface area contributed by atoms with Crippen molar-refractivity contribution in [2.45, 2.75) is 18.6 Å². The van der Waals surface area contributed by atoms with E-state index in [9.17, 15) is 18.0 Å². The lowest BCUT2D eigenvalue weighted by Crippen LogP contribution is -2.46. The Morgan fingerprint density at radius 3 is 2.30 bits per heavy atom. The number of carbonyl (C=O) groups is 2. The second-order valence-corrected chi connectivity index (χ2v) is 8.15. The zero-order valence-electron chi connectivity index (χ0n) is 11.5. The molecule has 0 radical (unpaired) electrons. The lowest BCUT2D eigenvalue weighted by Gasteiger charge is -2.27. The molecule has 20 heavy (non-hydrogen) atoms. The van der Waals surface area contributed by atoms with Crippen molar-refractivity contribution in [1.82, 2.24) is 4.90 Å². The third-order valence-corrected chi connectivity index (χ3v) is 5.71. The molecule has 0 saturated heterocycles. The molecule has 0 atom stereocenters. The van der Waals surface area contributed by atoms with Gasteiger partial charge in [-0.15, -0.1) is 0 Å². The number of nitrogens with zero attached hydrogens (tertiary/aromatic N) is 1. The number of benzene rings is 1. The van der Waals surface area contributed by atoms with Crippen LogP contribution in [-0.4, -0.2) is 42.7 Å². The molecule has 0 saturated carbocycles. The van der Waals surface area contributed by atoms with Crippen LogP contribution in [0.15, 0.2) is 18.2 Å². The molecule has 0 aliphatic carbocycles. The predicted octanol–water partition coefficient (Wildman–Crippen LogP) is 0.688. The van der Waals surface area contributed by atoms with Gasteiger partial charge in [0.2, 0.25) is 0 Å². The van der Waals surface area contributed by atoms with Crippen molar-refractivity contribution in [3.63, 3.8) is 0 Å². The molecular formula is C13H16N2O4S. The minimum Gasteiger partial charge on any atom is -0.398 e. The Bertz CT molecular complexity index is 707. The fraction of sp³-hybridized carbons (Fsp3) is 0.385. The first kappa shape index (κ1) is 14.5. The molecule has 2 amide bonds. The van der Waals surface area contributed by atoms with Crippen molar-refractivity contribution in [3.8, 4) is 0 Å². The second kappa shape index (κ2) is 4.31. The van der Waals surface area contributed by atoms with Crippen molar-refractivity contribution >= 4 is 27.3 Å². The van der Waals surface area contributed by atoms with Crippen LogP contribution in [0.2, 0.25) is 0 Å². The summed E-state index contributed by atoms with van der Waals surface area (Å²) in [6.45, 7) is 2.77. The summed E-state index contributed by atoms with van der Waals surface area (Å²) >= 11 is 0. The lowest BCUT2D eigenvalue weighted by molar-refractivity contribution is 0.0642. The smallest absolute Gasteiger partial charge is 0.263 e. The minimum absolute atomic E-state index is 0.154. The highest BCUT2D eigenvalue weighted by Gasteiger charge is 2.42. The third kappa shape index (κ3) is 2.07. The molecule has 1 aromatic carbocycles. The molecule has 1 aliphatic rings. The number of nitrogen functional groups attached to an aromatic ring is 1. The van der Waals surface area contributed by atoms with E-state index >= 15 is 0 Å².